The molecule has 2 heterocycles. The first-order valence-corrected chi connectivity index (χ1v) is 7.27. The van der Waals surface area contributed by atoms with Crippen molar-refractivity contribution in [3.63, 3.8) is 0 Å². The molecule has 2 aromatic rings. The van der Waals surface area contributed by atoms with Crippen LogP contribution in [-0.2, 0) is 6.54 Å². The van der Waals surface area contributed by atoms with Crippen LogP contribution in [-0.4, -0.2) is 15.9 Å². The number of nitrogens with two attached hydrogens (primary N) is 1. The molecule has 2 rings (SSSR count). The van der Waals surface area contributed by atoms with Gasteiger partial charge in [0.05, 0.1) is 5.69 Å². The molecule has 0 aliphatic rings. The minimum Gasteiger partial charge on any atom is -0.325 e. The first-order valence-electron chi connectivity index (χ1n) is 5.51. The maximum Gasteiger partial charge on any atom is 0.276 e. The maximum atomic E-state index is 11.9. The number of nitrogens with zero attached hydrogens (tertiary/aromatic N) is 2. The van der Waals surface area contributed by atoms with Gasteiger partial charge in [-0.1, -0.05) is 13.8 Å². The molecule has 104 valence electrons. The summed E-state index contributed by atoms with van der Waals surface area (Å²) in [5, 5.41) is 7.75. The van der Waals surface area contributed by atoms with Crippen LogP contribution in [0.5, 0.6) is 0 Å². The van der Waals surface area contributed by atoms with Gasteiger partial charge in [-0.3, -0.25) is 10.1 Å². The number of halogens is 1. The predicted octanol–water partition coefficient (Wildman–Crippen LogP) is 2.86. The SMILES string of the molecule is CC(C)c1csc(NC(=O)c2csc(CN)n2)n1.Cl. The number of rotatable bonds is 4. The molecule has 0 saturated heterocycles. The number of hydrogen-bond donors (Lipinski definition) is 2. The van der Waals surface area contributed by atoms with Gasteiger partial charge in [0.2, 0.25) is 0 Å². The lowest BCUT2D eigenvalue weighted by molar-refractivity contribution is 0.102. The smallest absolute Gasteiger partial charge is 0.276 e. The summed E-state index contributed by atoms with van der Waals surface area (Å²) in [6.45, 7) is 4.48. The summed E-state index contributed by atoms with van der Waals surface area (Å²) in [6, 6.07) is 0. The Morgan fingerprint density at radius 1 is 1.37 bits per heavy atom. The highest BCUT2D eigenvalue weighted by atomic mass is 35.5. The highest BCUT2D eigenvalue weighted by Crippen LogP contribution is 2.22. The van der Waals surface area contributed by atoms with E-state index in [1.54, 1.807) is 5.38 Å². The quantitative estimate of drug-likeness (QED) is 0.908. The van der Waals surface area contributed by atoms with E-state index < -0.39 is 0 Å². The molecule has 0 unspecified atom stereocenters. The molecule has 0 bridgehead atoms. The van der Waals surface area contributed by atoms with E-state index in [2.05, 4.69) is 29.1 Å². The fourth-order valence-electron chi connectivity index (χ4n) is 1.28. The average molecular weight is 319 g/mol. The van der Waals surface area contributed by atoms with Crippen molar-refractivity contribution < 1.29 is 4.79 Å². The Morgan fingerprint density at radius 2 is 2.11 bits per heavy atom. The van der Waals surface area contributed by atoms with Gasteiger partial charge in [0.15, 0.2) is 5.13 Å². The highest BCUT2D eigenvalue weighted by Gasteiger charge is 2.13. The summed E-state index contributed by atoms with van der Waals surface area (Å²) >= 11 is 2.81. The molecule has 8 heteroatoms. The minimum atomic E-state index is -0.240. The summed E-state index contributed by atoms with van der Waals surface area (Å²) in [6.07, 6.45) is 0. The Hall–Kier alpha value is -1.02. The largest absolute Gasteiger partial charge is 0.325 e. The van der Waals surface area contributed by atoms with Gasteiger partial charge < -0.3 is 5.73 Å². The van der Waals surface area contributed by atoms with Crippen LogP contribution in [0.25, 0.3) is 0 Å². The topological polar surface area (TPSA) is 80.9 Å². The number of nitrogens with one attached hydrogen (secondary N) is 1. The van der Waals surface area contributed by atoms with Gasteiger partial charge in [0.25, 0.3) is 5.91 Å². The van der Waals surface area contributed by atoms with Crippen molar-refractivity contribution in [1.82, 2.24) is 9.97 Å². The summed E-state index contributed by atoms with van der Waals surface area (Å²) in [4.78, 5) is 20.3. The number of aromatic nitrogens is 2. The van der Waals surface area contributed by atoms with Crippen molar-refractivity contribution in [2.24, 2.45) is 5.73 Å². The summed E-state index contributed by atoms with van der Waals surface area (Å²) < 4.78 is 0. The van der Waals surface area contributed by atoms with Crippen molar-refractivity contribution in [3.8, 4) is 0 Å². The van der Waals surface area contributed by atoms with Crippen LogP contribution >= 0.6 is 35.1 Å². The van der Waals surface area contributed by atoms with E-state index in [9.17, 15) is 4.79 Å². The molecule has 2 aromatic heterocycles. The highest BCUT2D eigenvalue weighted by molar-refractivity contribution is 7.14. The summed E-state index contributed by atoms with van der Waals surface area (Å²) in [5.41, 5.74) is 6.83. The first-order chi connectivity index (χ1) is 8.60. The Labute approximate surface area is 125 Å². The molecular weight excluding hydrogens is 304 g/mol. The zero-order valence-electron chi connectivity index (χ0n) is 10.5. The molecule has 0 spiro atoms. The zero-order chi connectivity index (χ0) is 13.1. The van der Waals surface area contributed by atoms with Crippen LogP contribution in [0.15, 0.2) is 10.8 Å². The Balaban J connectivity index is 0.00000180. The monoisotopic (exact) mass is 318 g/mol. The molecule has 3 N–H and O–H groups in total. The third kappa shape index (κ3) is 3.97. The third-order valence-electron chi connectivity index (χ3n) is 2.29. The van der Waals surface area contributed by atoms with Crippen LogP contribution in [0, 0.1) is 0 Å². The second kappa shape index (κ2) is 6.95. The van der Waals surface area contributed by atoms with Gasteiger partial charge in [0.1, 0.15) is 10.7 Å². The van der Waals surface area contributed by atoms with E-state index in [-0.39, 0.29) is 18.3 Å². The van der Waals surface area contributed by atoms with E-state index in [4.69, 9.17) is 5.73 Å². The fraction of sp³-hybridized carbons (Fsp3) is 0.364. The van der Waals surface area contributed by atoms with Crippen LogP contribution in [0.4, 0.5) is 5.13 Å². The van der Waals surface area contributed by atoms with Gasteiger partial charge in [-0.15, -0.1) is 35.1 Å². The lowest BCUT2D eigenvalue weighted by Gasteiger charge is -1.99. The molecule has 1 amide bonds. The molecule has 0 saturated carbocycles. The molecule has 19 heavy (non-hydrogen) atoms. The van der Waals surface area contributed by atoms with Crippen LogP contribution < -0.4 is 11.1 Å². The van der Waals surface area contributed by atoms with Crippen molar-refractivity contribution in [2.75, 3.05) is 5.32 Å². The molecule has 0 aliphatic carbocycles. The number of hydrogen-bond acceptors (Lipinski definition) is 6. The second-order valence-electron chi connectivity index (χ2n) is 4.02. The van der Waals surface area contributed by atoms with Gasteiger partial charge in [0, 0.05) is 17.3 Å². The van der Waals surface area contributed by atoms with E-state index in [1.165, 1.54) is 22.7 Å². The molecule has 0 fully saturated rings. The molecule has 0 radical (unpaired) electrons. The lowest BCUT2D eigenvalue weighted by Crippen LogP contribution is -2.12. The third-order valence-corrected chi connectivity index (χ3v) is 3.94. The minimum absolute atomic E-state index is 0. The summed E-state index contributed by atoms with van der Waals surface area (Å²) in [5.74, 6) is 0.116. The van der Waals surface area contributed by atoms with Crippen molar-refractivity contribution in [2.45, 2.75) is 26.3 Å². The van der Waals surface area contributed by atoms with E-state index in [0.717, 1.165) is 10.7 Å². The van der Waals surface area contributed by atoms with Crippen molar-refractivity contribution in [1.29, 1.82) is 0 Å². The van der Waals surface area contributed by atoms with Gasteiger partial charge >= 0.3 is 0 Å². The Bertz CT molecular complexity index is 552. The van der Waals surface area contributed by atoms with Crippen LogP contribution in [0.2, 0.25) is 0 Å². The van der Waals surface area contributed by atoms with Crippen molar-refractivity contribution in [3.05, 3.63) is 27.2 Å². The Morgan fingerprint density at radius 3 is 2.63 bits per heavy atom. The van der Waals surface area contributed by atoms with Gasteiger partial charge in [-0.05, 0) is 5.92 Å². The van der Waals surface area contributed by atoms with E-state index in [0.29, 0.717) is 23.3 Å². The van der Waals surface area contributed by atoms with Gasteiger partial charge in [-0.2, -0.15) is 0 Å². The van der Waals surface area contributed by atoms with E-state index >= 15 is 0 Å². The number of thiazole rings is 2. The van der Waals surface area contributed by atoms with Crippen LogP contribution in [0.3, 0.4) is 0 Å². The molecule has 0 aliphatic heterocycles. The van der Waals surface area contributed by atoms with Crippen LogP contribution in [0.1, 0.15) is 41.0 Å². The number of amides is 1. The molecule has 5 nitrogen and oxygen atoms in total. The van der Waals surface area contributed by atoms with E-state index in [1.807, 2.05) is 5.38 Å². The van der Waals surface area contributed by atoms with Crippen molar-refractivity contribution >= 4 is 46.1 Å². The first kappa shape index (κ1) is 16.0. The fourth-order valence-corrected chi connectivity index (χ4v) is 2.80. The summed E-state index contributed by atoms with van der Waals surface area (Å²) in [7, 11) is 0. The average Bonchev–Trinajstić information content (AvgIpc) is 2.96. The molecular formula is C11H15ClN4OS2. The number of carbonyl (C=O) groups is 1. The molecule has 0 atom stereocenters. The number of carbonyl (C=O) groups excluding carboxylic acids is 1. The zero-order valence-corrected chi connectivity index (χ0v) is 13.0. The standard InChI is InChI=1S/C11H14N4OS2.ClH/c1-6(2)7-4-18-11(14-7)15-10(16)8-5-17-9(3-12)13-8;/h4-6H,3,12H2,1-2H3,(H,14,15,16);1H. The second-order valence-corrected chi connectivity index (χ2v) is 5.82. The Kier molecular flexibility index (Phi) is 5.86. The molecule has 0 aromatic carbocycles. The predicted molar refractivity (Wildman–Crippen MR) is 81.4 cm³/mol. The lowest BCUT2D eigenvalue weighted by atomic mass is 10.2. The maximum absolute atomic E-state index is 11.9. The van der Waals surface area contributed by atoms with Gasteiger partial charge in [-0.25, -0.2) is 9.97 Å². The normalized spacial score (nSPS) is 10.3. The number of anilines is 1.